The summed E-state index contributed by atoms with van der Waals surface area (Å²) in [5.74, 6) is -0.807. The predicted octanol–water partition coefficient (Wildman–Crippen LogP) is 4.28. The molecule has 2 amide bonds. The average Bonchev–Trinajstić information content (AvgIpc) is 3.04. The minimum Gasteiger partial charge on any atom is -0.329 e. The van der Waals surface area contributed by atoms with Crippen molar-refractivity contribution in [3.63, 3.8) is 0 Å². The fourth-order valence-electron chi connectivity index (χ4n) is 2.51. The minimum absolute atomic E-state index is 0.0179. The lowest BCUT2D eigenvalue weighted by Gasteiger charge is -2.22. The third-order valence-electron chi connectivity index (χ3n) is 3.91. The van der Waals surface area contributed by atoms with E-state index in [0.29, 0.717) is 11.7 Å². The van der Waals surface area contributed by atoms with E-state index < -0.39 is 10.8 Å². The molecule has 1 aromatic carbocycles. The number of hydrogen-bond donors (Lipinski definition) is 1. The van der Waals surface area contributed by atoms with Crippen molar-refractivity contribution >= 4 is 45.6 Å². The van der Waals surface area contributed by atoms with Crippen LogP contribution < -0.4 is 5.32 Å². The molecule has 0 unspecified atom stereocenters. The van der Waals surface area contributed by atoms with E-state index >= 15 is 0 Å². The minimum atomic E-state index is -0.581. The predicted molar refractivity (Wildman–Crippen MR) is 109 cm³/mol. The molecular weight excluding hydrogens is 404 g/mol. The van der Waals surface area contributed by atoms with E-state index in [-0.39, 0.29) is 28.7 Å². The number of rotatable bonds is 9. The van der Waals surface area contributed by atoms with Gasteiger partial charge < -0.3 is 10.2 Å². The lowest BCUT2D eigenvalue weighted by Crippen LogP contribution is -2.38. The molecule has 0 atom stereocenters. The van der Waals surface area contributed by atoms with Crippen LogP contribution in [0.4, 0.5) is 10.8 Å². The molecule has 2 rings (SSSR count). The summed E-state index contributed by atoms with van der Waals surface area (Å²) in [6, 6.07) is 3.68. The number of aryl methyl sites for hydroxylation is 1. The van der Waals surface area contributed by atoms with Crippen LogP contribution >= 0.6 is 22.9 Å². The van der Waals surface area contributed by atoms with Crippen molar-refractivity contribution in [1.29, 1.82) is 0 Å². The molecule has 1 N–H and O–H groups in total. The van der Waals surface area contributed by atoms with E-state index in [1.807, 2.05) is 13.8 Å². The van der Waals surface area contributed by atoms with Gasteiger partial charge in [0, 0.05) is 29.8 Å². The number of amides is 2. The van der Waals surface area contributed by atoms with Crippen LogP contribution in [0.5, 0.6) is 0 Å². The van der Waals surface area contributed by atoms with Crippen LogP contribution in [0.3, 0.4) is 0 Å². The molecule has 0 aliphatic rings. The van der Waals surface area contributed by atoms with Gasteiger partial charge in [0.15, 0.2) is 5.13 Å². The van der Waals surface area contributed by atoms with Crippen LogP contribution in [0.2, 0.25) is 5.02 Å². The molecule has 8 nitrogen and oxygen atoms in total. The molecule has 2 aromatic rings. The first-order valence-electron chi connectivity index (χ1n) is 8.77. The van der Waals surface area contributed by atoms with Crippen LogP contribution in [0.1, 0.15) is 41.4 Å². The molecule has 1 aromatic heterocycles. The number of benzene rings is 1. The molecule has 150 valence electrons. The number of unbranched alkanes of at least 4 members (excludes halogenated alkanes) is 2. The summed E-state index contributed by atoms with van der Waals surface area (Å²) in [5.41, 5.74) is -0.0716. The lowest BCUT2D eigenvalue weighted by atomic mass is 10.1. The molecule has 0 aliphatic heterocycles. The van der Waals surface area contributed by atoms with Gasteiger partial charge in [-0.15, -0.1) is 11.3 Å². The fraction of sp³-hybridized carbons (Fsp3) is 0.389. The average molecular weight is 425 g/mol. The number of aromatic nitrogens is 1. The van der Waals surface area contributed by atoms with E-state index in [2.05, 4.69) is 10.3 Å². The Hall–Kier alpha value is -2.52. The number of non-ortho nitro benzene ring substituents is 1. The third kappa shape index (κ3) is 6.00. The van der Waals surface area contributed by atoms with Gasteiger partial charge in [-0.1, -0.05) is 31.4 Å². The van der Waals surface area contributed by atoms with Gasteiger partial charge in [0.1, 0.15) is 6.54 Å². The van der Waals surface area contributed by atoms with Gasteiger partial charge in [0.05, 0.1) is 15.5 Å². The molecule has 0 fully saturated rings. The third-order valence-corrected chi connectivity index (χ3v) is 5.06. The zero-order chi connectivity index (χ0) is 20.7. The number of carbonyl (C=O) groups is 2. The van der Waals surface area contributed by atoms with Crippen molar-refractivity contribution in [2.45, 2.75) is 33.1 Å². The highest BCUT2D eigenvalue weighted by atomic mass is 35.5. The van der Waals surface area contributed by atoms with Crippen molar-refractivity contribution in [2.75, 3.05) is 18.4 Å². The molecule has 0 saturated heterocycles. The van der Waals surface area contributed by atoms with Gasteiger partial charge in [0.25, 0.3) is 11.6 Å². The summed E-state index contributed by atoms with van der Waals surface area (Å²) in [7, 11) is 0. The van der Waals surface area contributed by atoms with Gasteiger partial charge in [0.2, 0.25) is 5.91 Å². The summed E-state index contributed by atoms with van der Waals surface area (Å²) < 4.78 is 0. The van der Waals surface area contributed by atoms with E-state index in [1.165, 1.54) is 28.4 Å². The second-order valence-electron chi connectivity index (χ2n) is 6.18. The Bertz CT molecular complexity index is 871. The summed E-state index contributed by atoms with van der Waals surface area (Å²) in [5, 5.41) is 14.0. The van der Waals surface area contributed by atoms with E-state index in [4.69, 9.17) is 11.6 Å². The Labute approximate surface area is 171 Å². The van der Waals surface area contributed by atoms with Crippen molar-refractivity contribution in [3.05, 3.63) is 50.0 Å². The molecule has 0 spiro atoms. The van der Waals surface area contributed by atoms with Crippen molar-refractivity contribution in [2.24, 2.45) is 0 Å². The number of hydrogen-bond acceptors (Lipinski definition) is 6. The van der Waals surface area contributed by atoms with E-state index in [0.717, 1.165) is 30.2 Å². The highest BCUT2D eigenvalue weighted by Crippen LogP contribution is 2.24. The first-order valence-corrected chi connectivity index (χ1v) is 9.96. The Kier molecular flexibility index (Phi) is 7.89. The van der Waals surface area contributed by atoms with Gasteiger partial charge in [-0.25, -0.2) is 4.98 Å². The maximum Gasteiger partial charge on any atom is 0.270 e. The standard InChI is InChI=1S/C18H21ClN4O4S/c1-3-4-5-8-22(11-16(24)21-18-20-10-12(2)28-18)17(25)14-7-6-13(23(26)27)9-15(14)19/h6-7,9-10H,3-5,8,11H2,1-2H3,(H,20,21,24). The first kappa shape index (κ1) is 21.8. The fourth-order valence-corrected chi connectivity index (χ4v) is 3.45. The largest absolute Gasteiger partial charge is 0.329 e. The number of carbonyl (C=O) groups excluding carboxylic acids is 2. The van der Waals surface area contributed by atoms with Crippen LogP contribution in [0.25, 0.3) is 0 Å². The molecular formula is C18H21ClN4O4S. The first-order chi connectivity index (χ1) is 13.3. The zero-order valence-electron chi connectivity index (χ0n) is 15.6. The highest BCUT2D eigenvalue weighted by Gasteiger charge is 2.22. The Morgan fingerprint density at radius 3 is 2.68 bits per heavy atom. The van der Waals surface area contributed by atoms with Gasteiger partial charge in [-0.2, -0.15) is 0 Å². The maximum atomic E-state index is 12.9. The number of thiazole rings is 1. The van der Waals surface area contributed by atoms with Gasteiger partial charge in [-0.3, -0.25) is 19.7 Å². The van der Waals surface area contributed by atoms with Crippen molar-refractivity contribution in [3.8, 4) is 0 Å². The number of halogens is 1. The molecule has 0 radical (unpaired) electrons. The molecule has 28 heavy (non-hydrogen) atoms. The number of nitro benzene ring substituents is 1. The molecule has 10 heteroatoms. The molecule has 0 aliphatic carbocycles. The molecule has 0 saturated carbocycles. The zero-order valence-corrected chi connectivity index (χ0v) is 17.2. The van der Waals surface area contributed by atoms with Gasteiger partial charge >= 0.3 is 0 Å². The number of nitrogens with one attached hydrogen (secondary N) is 1. The topological polar surface area (TPSA) is 105 Å². The second kappa shape index (κ2) is 10.1. The summed E-state index contributed by atoms with van der Waals surface area (Å²) >= 11 is 7.43. The molecule has 0 bridgehead atoms. The van der Waals surface area contributed by atoms with Crippen LogP contribution in [-0.4, -0.2) is 39.7 Å². The smallest absolute Gasteiger partial charge is 0.270 e. The Balaban J connectivity index is 2.15. The normalized spacial score (nSPS) is 10.5. The number of nitro groups is 1. The lowest BCUT2D eigenvalue weighted by molar-refractivity contribution is -0.384. The van der Waals surface area contributed by atoms with Crippen LogP contribution in [0, 0.1) is 17.0 Å². The Morgan fingerprint density at radius 2 is 2.11 bits per heavy atom. The Morgan fingerprint density at radius 1 is 1.36 bits per heavy atom. The highest BCUT2D eigenvalue weighted by molar-refractivity contribution is 7.15. The second-order valence-corrected chi connectivity index (χ2v) is 7.82. The van der Waals surface area contributed by atoms with Crippen molar-refractivity contribution < 1.29 is 14.5 Å². The summed E-state index contributed by atoms with van der Waals surface area (Å²) in [6.07, 6.45) is 4.26. The number of nitrogens with zero attached hydrogens (tertiary/aromatic N) is 3. The van der Waals surface area contributed by atoms with Crippen molar-refractivity contribution in [1.82, 2.24) is 9.88 Å². The van der Waals surface area contributed by atoms with Crippen LogP contribution in [0.15, 0.2) is 24.4 Å². The van der Waals surface area contributed by atoms with E-state index in [1.54, 1.807) is 6.20 Å². The number of anilines is 1. The van der Waals surface area contributed by atoms with E-state index in [9.17, 15) is 19.7 Å². The SMILES string of the molecule is CCCCCN(CC(=O)Nc1ncc(C)s1)C(=O)c1ccc([N+](=O)[O-])cc1Cl. The van der Waals surface area contributed by atoms with Crippen LogP contribution in [-0.2, 0) is 4.79 Å². The summed E-state index contributed by atoms with van der Waals surface area (Å²) in [6.45, 7) is 4.14. The maximum absolute atomic E-state index is 12.9. The molecule has 1 heterocycles. The quantitative estimate of drug-likeness (QED) is 0.367. The monoisotopic (exact) mass is 424 g/mol. The van der Waals surface area contributed by atoms with Gasteiger partial charge in [-0.05, 0) is 19.4 Å². The summed E-state index contributed by atoms with van der Waals surface area (Å²) in [4.78, 5) is 42.0.